The zero-order valence-electron chi connectivity index (χ0n) is 17.7. The van der Waals surface area contributed by atoms with Gasteiger partial charge in [-0.05, 0) is 39.3 Å². The van der Waals surface area contributed by atoms with Crippen LogP contribution in [0.4, 0.5) is 0 Å². The van der Waals surface area contributed by atoms with Crippen molar-refractivity contribution in [1.29, 1.82) is 0 Å². The van der Waals surface area contributed by atoms with Gasteiger partial charge in [0.25, 0.3) is 0 Å². The zero-order chi connectivity index (χ0) is 21.1. The predicted octanol–water partition coefficient (Wildman–Crippen LogP) is -0.424. The number of amides is 2. The molecule has 0 bridgehead atoms. The molecule has 0 radical (unpaired) electrons. The number of likely N-dealkylation sites (tertiary alicyclic amines) is 1. The van der Waals surface area contributed by atoms with Crippen LogP contribution < -0.4 is 10.6 Å². The summed E-state index contributed by atoms with van der Waals surface area (Å²) in [6.45, 7) is 7.74. The van der Waals surface area contributed by atoms with Crippen LogP contribution in [0.3, 0.4) is 0 Å². The maximum absolute atomic E-state index is 12.3. The van der Waals surface area contributed by atoms with Gasteiger partial charge in [0.05, 0.1) is 6.54 Å². The molecule has 29 heavy (non-hydrogen) atoms. The van der Waals surface area contributed by atoms with Crippen molar-refractivity contribution in [2.24, 2.45) is 0 Å². The third-order valence-corrected chi connectivity index (χ3v) is 5.70. The fraction of sp³-hybridized carbons (Fsp3) is 0.850. The Morgan fingerprint density at radius 2 is 1.59 bits per heavy atom. The van der Waals surface area contributed by atoms with Crippen molar-refractivity contribution in [2.45, 2.75) is 44.6 Å². The van der Waals surface area contributed by atoms with E-state index < -0.39 is 5.97 Å². The monoisotopic (exact) mass is 422 g/mol. The highest BCUT2D eigenvalue weighted by molar-refractivity contribution is 5.78. The van der Waals surface area contributed by atoms with E-state index >= 15 is 0 Å². The molecule has 2 heterocycles. The molecule has 0 aliphatic carbocycles. The van der Waals surface area contributed by atoms with Crippen LogP contribution in [0.2, 0.25) is 0 Å². The molecule has 1 atom stereocenters. The molecule has 2 aliphatic rings. The fourth-order valence-electron chi connectivity index (χ4n) is 3.91. The molecule has 0 spiro atoms. The van der Waals surface area contributed by atoms with E-state index in [-0.39, 0.29) is 18.2 Å². The number of carbonyl (C=O) groups is 3. The third-order valence-electron chi connectivity index (χ3n) is 5.70. The van der Waals surface area contributed by atoms with E-state index in [4.69, 9.17) is 5.11 Å². The molecule has 166 valence electrons. The first kappa shape index (κ1) is 23.6. The molecule has 0 saturated carbocycles. The number of carboxylic acids is 1. The fourth-order valence-corrected chi connectivity index (χ4v) is 3.91. The van der Waals surface area contributed by atoms with Gasteiger partial charge < -0.3 is 20.6 Å². The molecule has 1 unspecified atom stereocenters. The van der Waals surface area contributed by atoms with Gasteiger partial charge in [-0.2, -0.15) is 0 Å². The Kier molecular flexibility index (Phi) is 10.4. The Bertz CT molecular complexity index is 537. The van der Waals surface area contributed by atoms with Crippen molar-refractivity contribution in [2.75, 3.05) is 66.0 Å². The summed E-state index contributed by atoms with van der Waals surface area (Å²) in [5.41, 5.74) is 0. The minimum Gasteiger partial charge on any atom is -0.481 e. The van der Waals surface area contributed by atoms with Crippen LogP contribution in [0.25, 0.3) is 0 Å². The van der Waals surface area contributed by atoms with E-state index in [9.17, 15) is 14.4 Å². The molecule has 2 amide bonds. The Hall–Kier alpha value is -1.71. The molecule has 2 fully saturated rings. The predicted molar refractivity (Wildman–Crippen MR) is 111 cm³/mol. The summed E-state index contributed by atoms with van der Waals surface area (Å²) in [6.07, 6.45) is 3.71. The second-order valence-electron chi connectivity index (χ2n) is 8.17. The average Bonchev–Trinajstić information content (AvgIpc) is 3.10. The van der Waals surface area contributed by atoms with Crippen molar-refractivity contribution < 1.29 is 19.5 Å². The average molecular weight is 422 g/mol. The van der Waals surface area contributed by atoms with Crippen molar-refractivity contribution in [3.8, 4) is 0 Å². The van der Waals surface area contributed by atoms with E-state index in [1.54, 1.807) is 0 Å². The third kappa shape index (κ3) is 9.56. The molecule has 0 aromatic carbocycles. The maximum atomic E-state index is 12.3. The number of nitrogens with zero attached hydrogens (tertiary/aromatic N) is 3. The number of carboxylic acid groups (broad SMARTS) is 1. The van der Waals surface area contributed by atoms with Gasteiger partial charge in [-0.3, -0.25) is 24.2 Å². The van der Waals surface area contributed by atoms with Gasteiger partial charge in [0.1, 0.15) is 0 Å². The van der Waals surface area contributed by atoms with Crippen LogP contribution in [0.15, 0.2) is 0 Å². The molecule has 2 rings (SSSR count). The van der Waals surface area contributed by atoms with Crippen molar-refractivity contribution in [3.05, 3.63) is 0 Å². The van der Waals surface area contributed by atoms with E-state index in [0.717, 1.165) is 52.1 Å². The maximum Gasteiger partial charge on any atom is 0.303 e. The number of likely N-dealkylation sites (N-methyl/N-ethyl adjacent to an activating group) is 1. The summed E-state index contributed by atoms with van der Waals surface area (Å²) in [7, 11) is 2.16. The summed E-state index contributed by atoms with van der Waals surface area (Å²) in [4.78, 5) is 41.5. The molecule has 2 aliphatic heterocycles. The van der Waals surface area contributed by atoms with Crippen molar-refractivity contribution in [3.63, 3.8) is 0 Å². The summed E-state index contributed by atoms with van der Waals surface area (Å²) >= 11 is 0. The van der Waals surface area contributed by atoms with Crippen molar-refractivity contribution >= 4 is 17.8 Å². The van der Waals surface area contributed by atoms with Crippen LogP contribution in [-0.2, 0) is 14.4 Å². The SMILES string of the molecule is CN1CCN([13CH2][13CH]2[13CH2][13CH2][13CH2][15N]2CC(=O)NCCCC(=O)[15NH][13CH2][13CH2][13CH2][13C](=O)O)CC1. The number of carbonyl (C=O) groups excluding carboxylic acids is 2. The lowest BCUT2D eigenvalue weighted by molar-refractivity contribution is -0.137. The second-order valence-corrected chi connectivity index (χ2v) is 8.17. The van der Waals surface area contributed by atoms with Crippen LogP contribution >= 0.6 is 0 Å². The molecule has 0 aromatic heterocycles. The first-order valence-corrected chi connectivity index (χ1v) is 10.8. The highest BCUT2D eigenvalue weighted by atomic mass is 16.5. The molecular weight excluding hydrogens is 385 g/mol. The molecule has 9 nitrogen and oxygen atoms in total. The number of hydrogen-bond acceptors (Lipinski definition) is 6. The van der Waals surface area contributed by atoms with Crippen LogP contribution in [-0.4, -0.2) is 110 Å². The van der Waals surface area contributed by atoms with Crippen LogP contribution in [0.5, 0.6) is 0 Å². The summed E-state index contributed by atoms with van der Waals surface area (Å²) in [6, 6.07) is 0.459. The smallest absolute Gasteiger partial charge is 0.303 e. The van der Waals surface area contributed by atoms with E-state index in [0.29, 0.717) is 44.9 Å². The Labute approximate surface area is 173 Å². The Balaban J connectivity index is 1.55. The van der Waals surface area contributed by atoms with Gasteiger partial charge >= 0.3 is 5.97 Å². The van der Waals surface area contributed by atoms with Gasteiger partial charge in [0.2, 0.25) is 11.8 Å². The van der Waals surface area contributed by atoms with E-state index in [1.165, 1.54) is 0 Å². The summed E-state index contributed by atoms with van der Waals surface area (Å²) < 4.78 is 0. The van der Waals surface area contributed by atoms with E-state index in [1.807, 2.05) is 0 Å². The van der Waals surface area contributed by atoms with Gasteiger partial charge in [-0.1, -0.05) is 0 Å². The van der Waals surface area contributed by atoms with Crippen LogP contribution in [0, 0.1) is 0 Å². The van der Waals surface area contributed by atoms with Gasteiger partial charge in [-0.15, -0.1) is 0 Å². The summed E-state index contributed by atoms with van der Waals surface area (Å²) in [5, 5.41) is 14.2. The Morgan fingerprint density at radius 3 is 2.28 bits per heavy atom. The lowest BCUT2D eigenvalue weighted by atomic mass is 10.3. The first-order valence-electron chi connectivity index (χ1n) is 10.8. The Morgan fingerprint density at radius 1 is 0.931 bits per heavy atom. The quantitative estimate of drug-likeness (QED) is 0.223. The number of piperazine rings is 1. The van der Waals surface area contributed by atoms with Gasteiger partial charge in [0, 0.05) is 64.7 Å². The van der Waals surface area contributed by atoms with Crippen molar-refractivity contribution in [1.82, 2.24) is 25.3 Å². The standard InChI is InChI=1S/C20H37N5O4/c1-23-11-13-24(14-12-23)15-17-5-4-10-25(17)16-19(27)22-8-2-6-18(26)21-9-3-7-20(28)29/h17H,2-16H2,1H3,(H,21,26)(H,22,27)(H,28,29)/i3+1,4+1,5+1,7+1,9+1,10+1,15+1,17+1,20+1,21+1,25+1. The molecule has 2 saturated heterocycles. The van der Waals surface area contributed by atoms with Crippen LogP contribution in [0.1, 0.15) is 38.5 Å². The lowest BCUT2D eigenvalue weighted by Crippen LogP contribution is -2.50. The molecular formula is C20H37N5O4. The normalized spacial score (nSPS) is 21.2. The lowest BCUT2D eigenvalue weighted by Gasteiger charge is -2.36. The number of hydrogen-bond donors (Lipinski definition) is 3. The number of aliphatic carboxylic acids is 1. The number of nitrogens with one attached hydrogen (secondary N) is 2. The minimum absolute atomic E-state index is 0.0251. The molecule has 0 aromatic rings. The molecule has 3 N–H and O–H groups in total. The van der Waals surface area contributed by atoms with E-state index in [2.05, 4.69) is 32.4 Å². The highest BCUT2D eigenvalue weighted by Gasteiger charge is 2.28. The minimum atomic E-state index is -0.856. The summed E-state index contributed by atoms with van der Waals surface area (Å²) in [5.74, 6) is -0.931. The van der Waals surface area contributed by atoms with Gasteiger partial charge in [0.15, 0.2) is 0 Å². The zero-order valence-corrected chi connectivity index (χ0v) is 17.7. The van der Waals surface area contributed by atoms with Gasteiger partial charge in [-0.25, -0.2) is 0 Å². The molecule has 9 heteroatoms. The largest absolute Gasteiger partial charge is 0.481 e. The topological polar surface area (TPSA) is 105 Å². The number of rotatable bonds is 12. The highest BCUT2D eigenvalue weighted by Crippen LogP contribution is 2.18. The first-order chi connectivity index (χ1) is 13.9. The second kappa shape index (κ2) is 12.8.